The van der Waals surface area contributed by atoms with E-state index in [0.29, 0.717) is 16.8 Å². The van der Waals surface area contributed by atoms with E-state index in [9.17, 15) is 23.7 Å². The summed E-state index contributed by atoms with van der Waals surface area (Å²) in [5, 5.41) is 21.8. The number of nitrogen functional groups attached to an aromatic ring is 1. The molecule has 0 aliphatic carbocycles. The maximum atomic E-state index is 12.9. The third-order valence-corrected chi connectivity index (χ3v) is 7.93. The van der Waals surface area contributed by atoms with E-state index >= 15 is 0 Å². The van der Waals surface area contributed by atoms with Gasteiger partial charge in [0, 0.05) is 17.4 Å². The van der Waals surface area contributed by atoms with Crippen LogP contribution in [0.15, 0.2) is 88.9 Å². The number of amides is 1. The zero-order valence-corrected chi connectivity index (χ0v) is 22.1. The number of nitrogens with one attached hydrogen (secondary N) is 2. The summed E-state index contributed by atoms with van der Waals surface area (Å²) in [6.45, 7) is 1.63. The van der Waals surface area contributed by atoms with E-state index in [0.717, 1.165) is 11.8 Å². The number of anilines is 3. The van der Waals surface area contributed by atoms with Gasteiger partial charge in [0.05, 0.1) is 15.7 Å². The second kappa shape index (κ2) is 11.6. The van der Waals surface area contributed by atoms with Crippen molar-refractivity contribution in [2.45, 2.75) is 22.1 Å². The van der Waals surface area contributed by atoms with Gasteiger partial charge in [-0.25, -0.2) is 18.4 Å². The molecule has 2 heterocycles. The Balaban J connectivity index is 1.52. The lowest BCUT2D eigenvalue weighted by Crippen LogP contribution is -2.23. The number of benzene rings is 2. The Kier molecular flexibility index (Phi) is 8.10. The zero-order chi connectivity index (χ0) is 28.0. The quantitative estimate of drug-likeness (QED) is 0.266. The zero-order valence-electron chi connectivity index (χ0n) is 20.5. The monoisotopic (exact) mass is 555 g/mol. The largest absolute Gasteiger partial charge is 0.383 e. The average Bonchev–Trinajstić information content (AvgIpc) is 2.93. The number of pyridine rings is 2. The SMILES string of the molecule is CC(Sc1nc(N)c(C#N)c(-c2ccccc2)c1C#N)C(=O)Nc1ccc(S(=O)(=O)Nc2ccccn2)cc1. The Morgan fingerprint density at radius 3 is 2.26 bits per heavy atom. The lowest BCUT2D eigenvalue weighted by Gasteiger charge is -2.16. The molecule has 1 atom stereocenters. The number of sulfonamides is 1. The number of nitrogens with two attached hydrogens (primary N) is 1. The molecule has 2 aromatic carbocycles. The molecule has 0 spiro atoms. The minimum Gasteiger partial charge on any atom is -0.383 e. The van der Waals surface area contributed by atoms with E-state index in [1.54, 1.807) is 43.3 Å². The van der Waals surface area contributed by atoms with Crippen molar-refractivity contribution in [1.29, 1.82) is 10.5 Å². The number of rotatable bonds is 8. The third kappa shape index (κ3) is 6.15. The molecule has 194 valence electrons. The Hall–Kier alpha value is -4.91. The summed E-state index contributed by atoms with van der Waals surface area (Å²) in [6, 6.07) is 23.5. The Morgan fingerprint density at radius 2 is 1.64 bits per heavy atom. The number of hydrogen-bond acceptors (Lipinski definition) is 9. The van der Waals surface area contributed by atoms with Crippen LogP contribution in [0.25, 0.3) is 11.1 Å². The van der Waals surface area contributed by atoms with Gasteiger partial charge < -0.3 is 11.1 Å². The summed E-state index contributed by atoms with van der Waals surface area (Å²) >= 11 is 1.03. The molecule has 0 aliphatic rings. The van der Waals surface area contributed by atoms with Crippen molar-refractivity contribution >= 4 is 45.0 Å². The summed E-state index contributed by atoms with van der Waals surface area (Å²) < 4.78 is 27.6. The van der Waals surface area contributed by atoms with Gasteiger partial charge >= 0.3 is 0 Å². The van der Waals surface area contributed by atoms with Crippen LogP contribution in [0, 0.1) is 22.7 Å². The first-order valence-corrected chi connectivity index (χ1v) is 13.8. The first-order chi connectivity index (χ1) is 18.7. The number of hydrogen-bond donors (Lipinski definition) is 3. The highest BCUT2D eigenvalue weighted by Gasteiger charge is 2.24. The summed E-state index contributed by atoms with van der Waals surface area (Å²) in [6.07, 6.45) is 1.47. The van der Waals surface area contributed by atoms with Gasteiger partial charge in [-0.05, 0) is 48.9 Å². The molecule has 12 heteroatoms. The molecule has 0 radical (unpaired) electrons. The molecule has 0 saturated heterocycles. The molecule has 0 saturated carbocycles. The number of nitrogens with zero attached hydrogens (tertiary/aromatic N) is 4. The summed E-state index contributed by atoms with van der Waals surface area (Å²) in [5.74, 6) is -0.261. The lowest BCUT2D eigenvalue weighted by atomic mass is 9.97. The van der Waals surface area contributed by atoms with Crippen molar-refractivity contribution in [2.24, 2.45) is 0 Å². The fourth-order valence-electron chi connectivity index (χ4n) is 3.58. The van der Waals surface area contributed by atoms with Crippen molar-refractivity contribution < 1.29 is 13.2 Å². The average molecular weight is 556 g/mol. The van der Waals surface area contributed by atoms with E-state index in [-0.39, 0.29) is 32.7 Å². The van der Waals surface area contributed by atoms with E-state index in [1.807, 2.05) is 12.1 Å². The van der Waals surface area contributed by atoms with Gasteiger partial charge in [-0.1, -0.05) is 48.2 Å². The Labute approximate surface area is 229 Å². The van der Waals surface area contributed by atoms with Gasteiger partial charge in [0.1, 0.15) is 34.4 Å². The maximum Gasteiger partial charge on any atom is 0.263 e. The first kappa shape index (κ1) is 27.1. The fraction of sp³-hybridized carbons (Fsp3) is 0.0741. The van der Waals surface area contributed by atoms with E-state index in [4.69, 9.17) is 5.73 Å². The Bertz CT molecular complexity index is 1700. The molecule has 1 amide bonds. The summed E-state index contributed by atoms with van der Waals surface area (Å²) in [7, 11) is -3.86. The Morgan fingerprint density at radius 1 is 0.974 bits per heavy atom. The molecule has 4 rings (SSSR count). The number of thioether (sulfide) groups is 1. The van der Waals surface area contributed by atoms with Crippen LogP contribution in [0.4, 0.5) is 17.3 Å². The van der Waals surface area contributed by atoms with Crippen LogP contribution in [-0.2, 0) is 14.8 Å². The molecular formula is C27H21N7O3S2. The minimum atomic E-state index is -3.86. The van der Waals surface area contributed by atoms with Crippen LogP contribution in [0.1, 0.15) is 18.1 Å². The van der Waals surface area contributed by atoms with Crippen molar-refractivity contribution in [2.75, 3.05) is 15.8 Å². The third-order valence-electron chi connectivity index (χ3n) is 5.47. The van der Waals surface area contributed by atoms with Crippen molar-refractivity contribution in [1.82, 2.24) is 9.97 Å². The molecule has 0 bridgehead atoms. The lowest BCUT2D eigenvalue weighted by molar-refractivity contribution is -0.115. The topological polar surface area (TPSA) is 175 Å². The number of carbonyl (C=O) groups excluding carboxylic acids is 1. The molecule has 0 aliphatic heterocycles. The molecule has 1 unspecified atom stereocenters. The van der Waals surface area contributed by atoms with Crippen LogP contribution < -0.4 is 15.8 Å². The van der Waals surface area contributed by atoms with Gasteiger partial charge in [0.25, 0.3) is 10.0 Å². The second-order valence-electron chi connectivity index (χ2n) is 8.11. The first-order valence-electron chi connectivity index (χ1n) is 11.4. The molecule has 4 N–H and O–H groups in total. The normalized spacial score (nSPS) is 11.6. The highest BCUT2D eigenvalue weighted by molar-refractivity contribution is 8.00. The predicted octanol–water partition coefficient (Wildman–Crippen LogP) is 4.39. The van der Waals surface area contributed by atoms with E-state index < -0.39 is 21.2 Å². The van der Waals surface area contributed by atoms with Crippen LogP contribution in [0.3, 0.4) is 0 Å². The smallest absolute Gasteiger partial charge is 0.263 e. The summed E-state index contributed by atoms with van der Waals surface area (Å²) in [5.41, 5.74) is 7.65. The molecular weight excluding hydrogens is 534 g/mol. The fourth-order valence-corrected chi connectivity index (χ4v) is 5.50. The number of carbonyl (C=O) groups is 1. The molecule has 0 fully saturated rings. The van der Waals surface area contributed by atoms with E-state index in [2.05, 4.69) is 26.1 Å². The highest BCUT2D eigenvalue weighted by atomic mass is 32.2. The molecule has 10 nitrogen and oxygen atoms in total. The van der Waals surface area contributed by atoms with Crippen molar-refractivity contribution in [3.05, 3.63) is 90.1 Å². The minimum absolute atomic E-state index is 0.00191. The molecule has 2 aromatic heterocycles. The standard InChI is InChI=1S/C27H21N7O3S2/c1-17(38-27-22(16-29)24(18-7-3-2-4-8-18)21(15-28)25(30)33-27)26(35)32-19-10-12-20(13-11-19)39(36,37)34-23-9-5-6-14-31-23/h2-14,17H,1H3,(H2,30,33)(H,31,34)(H,32,35). The van der Waals surface area contributed by atoms with E-state index in [1.165, 1.54) is 36.5 Å². The van der Waals surface area contributed by atoms with Crippen molar-refractivity contribution in [3.8, 4) is 23.3 Å². The van der Waals surface area contributed by atoms with Crippen LogP contribution >= 0.6 is 11.8 Å². The number of nitriles is 2. The van der Waals surface area contributed by atoms with Gasteiger partial charge in [-0.2, -0.15) is 10.5 Å². The summed E-state index contributed by atoms with van der Waals surface area (Å²) in [4.78, 5) is 21.1. The highest BCUT2D eigenvalue weighted by Crippen LogP contribution is 2.37. The molecule has 39 heavy (non-hydrogen) atoms. The van der Waals surface area contributed by atoms with Gasteiger partial charge in [-0.3, -0.25) is 9.52 Å². The predicted molar refractivity (Wildman–Crippen MR) is 149 cm³/mol. The van der Waals surface area contributed by atoms with Crippen molar-refractivity contribution in [3.63, 3.8) is 0 Å². The van der Waals surface area contributed by atoms with Gasteiger partial charge in [0.15, 0.2) is 0 Å². The maximum absolute atomic E-state index is 12.9. The van der Waals surface area contributed by atoms with Crippen LogP contribution in [0.2, 0.25) is 0 Å². The van der Waals surface area contributed by atoms with Crippen LogP contribution in [-0.4, -0.2) is 29.5 Å². The van der Waals surface area contributed by atoms with Crippen LogP contribution in [0.5, 0.6) is 0 Å². The van der Waals surface area contributed by atoms with Gasteiger partial charge in [-0.15, -0.1) is 0 Å². The second-order valence-corrected chi connectivity index (χ2v) is 11.1. The van der Waals surface area contributed by atoms with Gasteiger partial charge in [0.2, 0.25) is 5.91 Å². The molecule has 4 aromatic rings. The number of aromatic nitrogens is 2.